The highest BCUT2D eigenvalue weighted by atomic mass is 32.2. The molecule has 2 aliphatic heterocycles. The van der Waals surface area contributed by atoms with Gasteiger partial charge in [0, 0.05) is 24.2 Å². The van der Waals surface area contributed by atoms with Crippen molar-refractivity contribution in [1.29, 1.82) is 0 Å². The van der Waals surface area contributed by atoms with Crippen LogP contribution in [0.5, 0.6) is 0 Å². The molecule has 1 aromatic carbocycles. The van der Waals surface area contributed by atoms with Crippen molar-refractivity contribution in [3.8, 4) is 0 Å². The first kappa shape index (κ1) is 7.89. The van der Waals surface area contributed by atoms with Crippen molar-refractivity contribution in [3.05, 3.63) is 35.4 Å². The fourth-order valence-electron chi connectivity index (χ4n) is 2.26. The van der Waals surface area contributed by atoms with Gasteiger partial charge in [0.25, 0.3) is 0 Å². The molecule has 1 saturated heterocycles. The molecule has 1 fully saturated rings. The lowest BCUT2D eigenvalue weighted by Gasteiger charge is -2.30. The number of fused-ring (bicyclic) bond motifs is 2. The highest BCUT2D eigenvalue weighted by Gasteiger charge is 2.29. The molecule has 0 amide bonds. The molecule has 0 saturated carbocycles. The maximum Gasteiger partial charge on any atom is 0.0451 e. The maximum atomic E-state index is 2.60. The van der Waals surface area contributed by atoms with Crippen molar-refractivity contribution >= 4 is 11.8 Å². The van der Waals surface area contributed by atoms with Crippen LogP contribution in [0.2, 0.25) is 0 Å². The number of thioether (sulfide) groups is 1. The molecule has 2 heterocycles. The Morgan fingerprint density at radius 3 is 3.00 bits per heavy atom. The second-order valence-corrected chi connectivity index (χ2v) is 4.87. The van der Waals surface area contributed by atoms with Gasteiger partial charge in [-0.15, -0.1) is 11.8 Å². The van der Waals surface area contributed by atoms with Crippen molar-refractivity contribution in [2.24, 2.45) is 0 Å². The van der Waals surface area contributed by atoms with Gasteiger partial charge in [-0.1, -0.05) is 24.3 Å². The Hall–Kier alpha value is -0.470. The van der Waals surface area contributed by atoms with E-state index >= 15 is 0 Å². The van der Waals surface area contributed by atoms with Crippen molar-refractivity contribution in [1.82, 2.24) is 4.90 Å². The molecule has 2 aliphatic rings. The molecular weight excluding hydrogens is 178 g/mol. The van der Waals surface area contributed by atoms with Crippen LogP contribution in [0.4, 0.5) is 0 Å². The lowest BCUT2D eigenvalue weighted by Crippen LogP contribution is -2.36. The number of nitrogens with zero attached hydrogens (tertiary/aromatic N) is 1. The van der Waals surface area contributed by atoms with Crippen molar-refractivity contribution in [2.45, 2.75) is 19.0 Å². The first-order chi connectivity index (χ1) is 6.43. The topological polar surface area (TPSA) is 3.24 Å². The van der Waals surface area contributed by atoms with Gasteiger partial charge < -0.3 is 0 Å². The largest absolute Gasteiger partial charge is 0.286 e. The molecule has 1 nitrogen and oxygen atoms in total. The molecule has 0 radical (unpaired) electrons. The first-order valence-corrected chi connectivity index (χ1v) is 5.97. The van der Waals surface area contributed by atoms with Crippen LogP contribution in [0.1, 0.15) is 11.1 Å². The van der Waals surface area contributed by atoms with Crippen molar-refractivity contribution < 1.29 is 0 Å². The lowest BCUT2D eigenvalue weighted by atomic mass is 9.95. The number of benzene rings is 1. The zero-order chi connectivity index (χ0) is 8.67. The Morgan fingerprint density at radius 1 is 1.23 bits per heavy atom. The minimum absolute atomic E-state index is 0.819. The molecule has 13 heavy (non-hydrogen) atoms. The molecule has 3 rings (SSSR count). The van der Waals surface area contributed by atoms with Gasteiger partial charge >= 0.3 is 0 Å². The summed E-state index contributed by atoms with van der Waals surface area (Å²) in [6.45, 7) is 1.17. The van der Waals surface area contributed by atoms with E-state index in [1.165, 1.54) is 24.6 Å². The summed E-state index contributed by atoms with van der Waals surface area (Å²) in [7, 11) is 0. The van der Waals surface area contributed by atoms with Gasteiger partial charge in [0.05, 0.1) is 0 Å². The summed E-state index contributed by atoms with van der Waals surface area (Å²) in [5, 5.41) is 0. The molecule has 1 atom stereocenters. The SMILES string of the molecule is c1ccc2c(c1)CC1CSCN1C2. The van der Waals surface area contributed by atoms with E-state index in [-0.39, 0.29) is 0 Å². The number of rotatable bonds is 0. The van der Waals surface area contributed by atoms with Gasteiger partial charge in [-0.3, -0.25) is 4.90 Å². The van der Waals surface area contributed by atoms with Crippen LogP contribution in [0.3, 0.4) is 0 Å². The molecule has 68 valence electrons. The smallest absolute Gasteiger partial charge is 0.0451 e. The fourth-order valence-corrected chi connectivity index (χ4v) is 3.51. The van der Waals surface area contributed by atoms with Gasteiger partial charge in [-0.25, -0.2) is 0 Å². The van der Waals surface area contributed by atoms with Crippen LogP contribution in [0.15, 0.2) is 24.3 Å². The van der Waals surface area contributed by atoms with Crippen LogP contribution in [-0.2, 0) is 13.0 Å². The van der Waals surface area contributed by atoms with Gasteiger partial charge in [0.1, 0.15) is 0 Å². The molecule has 0 aromatic heterocycles. The van der Waals surface area contributed by atoms with Crippen LogP contribution in [0.25, 0.3) is 0 Å². The van der Waals surface area contributed by atoms with E-state index in [1.54, 1.807) is 11.1 Å². The van der Waals surface area contributed by atoms with E-state index < -0.39 is 0 Å². The lowest BCUT2D eigenvalue weighted by molar-refractivity contribution is 0.238. The summed E-state index contributed by atoms with van der Waals surface area (Å²) in [5.74, 6) is 2.56. The molecule has 0 bridgehead atoms. The Bertz CT molecular complexity index is 293. The summed E-state index contributed by atoms with van der Waals surface area (Å²) < 4.78 is 0. The summed E-state index contributed by atoms with van der Waals surface area (Å²) in [6.07, 6.45) is 1.27. The molecule has 0 aliphatic carbocycles. The summed E-state index contributed by atoms with van der Waals surface area (Å²) in [5.41, 5.74) is 3.12. The average Bonchev–Trinajstić information content (AvgIpc) is 2.61. The predicted octanol–water partition coefficient (Wildman–Crippen LogP) is 2.12. The van der Waals surface area contributed by atoms with Crippen LogP contribution >= 0.6 is 11.8 Å². The Balaban J connectivity index is 1.97. The van der Waals surface area contributed by atoms with Crippen molar-refractivity contribution in [2.75, 3.05) is 11.6 Å². The second kappa shape index (κ2) is 3.03. The van der Waals surface area contributed by atoms with Gasteiger partial charge in [-0.05, 0) is 17.5 Å². The highest BCUT2D eigenvalue weighted by molar-refractivity contribution is 7.99. The fraction of sp³-hybridized carbons (Fsp3) is 0.455. The molecule has 0 N–H and O–H groups in total. The maximum absolute atomic E-state index is 2.60. The summed E-state index contributed by atoms with van der Waals surface area (Å²) in [4.78, 5) is 2.60. The van der Waals surface area contributed by atoms with Crippen LogP contribution < -0.4 is 0 Å². The third-order valence-electron chi connectivity index (χ3n) is 3.03. The van der Waals surface area contributed by atoms with Gasteiger partial charge in [0.2, 0.25) is 0 Å². The molecule has 1 unspecified atom stereocenters. The third-order valence-corrected chi connectivity index (χ3v) is 4.17. The quantitative estimate of drug-likeness (QED) is 0.618. The van der Waals surface area contributed by atoms with E-state index in [4.69, 9.17) is 0 Å². The Kier molecular flexibility index (Phi) is 1.84. The van der Waals surface area contributed by atoms with E-state index in [2.05, 4.69) is 40.9 Å². The average molecular weight is 191 g/mol. The monoisotopic (exact) mass is 191 g/mol. The zero-order valence-corrected chi connectivity index (χ0v) is 8.39. The predicted molar refractivity (Wildman–Crippen MR) is 56.8 cm³/mol. The standard InChI is InChI=1S/C11H13NS/c1-2-4-10-6-12-8-13-7-11(12)5-9(10)3-1/h1-4,11H,5-8H2. The minimum atomic E-state index is 0.819. The van der Waals surface area contributed by atoms with E-state index in [0.717, 1.165) is 6.04 Å². The molecular formula is C11H13NS. The highest BCUT2D eigenvalue weighted by Crippen LogP contribution is 2.31. The van der Waals surface area contributed by atoms with E-state index in [0.29, 0.717) is 0 Å². The second-order valence-electron chi connectivity index (χ2n) is 3.87. The normalized spacial score (nSPS) is 26.9. The molecule has 0 spiro atoms. The summed E-state index contributed by atoms with van der Waals surface area (Å²) >= 11 is 2.08. The van der Waals surface area contributed by atoms with Crippen LogP contribution in [-0.4, -0.2) is 22.6 Å². The number of hydrogen-bond acceptors (Lipinski definition) is 2. The van der Waals surface area contributed by atoms with E-state index in [9.17, 15) is 0 Å². The summed E-state index contributed by atoms with van der Waals surface area (Å²) in [6, 6.07) is 9.70. The molecule has 1 aromatic rings. The Labute approximate surface area is 83.1 Å². The van der Waals surface area contributed by atoms with Gasteiger partial charge in [0.15, 0.2) is 0 Å². The zero-order valence-electron chi connectivity index (χ0n) is 7.57. The van der Waals surface area contributed by atoms with E-state index in [1.807, 2.05) is 0 Å². The van der Waals surface area contributed by atoms with Crippen LogP contribution in [0, 0.1) is 0 Å². The van der Waals surface area contributed by atoms with Gasteiger partial charge in [-0.2, -0.15) is 0 Å². The molecule has 2 heteroatoms. The third kappa shape index (κ3) is 1.29. The first-order valence-electron chi connectivity index (χ1n) is 4.82. The Morgan fingerprint density at radius 2 is 2.08 bits per heavy atom. The number of hydrogen-bond donors (Lipinski definition) is 0. The minimum Gasteiger partial charge on any atom is -0.286 e. The van der Waals surface area contributed by atoms with Crippen molar-refractivity contribution in [3.63, 3.8) is 0 Å².